The van der Waals surface area contributed by atoms with Gasteiger partial charge in [0, 0.05) is 18.7 Å². The van der Waals surface area contributed by atoms with Crippen LogP contribution in [0.1, 0.15) is 42.1 Å². The number of Topliss-reactive ketones (excluding diaryl/α,β-unsaturated/α-hetero) is 1. The van der Waals surface area contributed by atoms with Crippen molar-refractivity contribution < 1.29 is 4.79 Å². The molecule has 0 aromatic heterocycles. The molecule has 0 amide bonds. The number of aryl methyl sites for hydroxylation is 1. The van der Waals surface area contributed by atoms with Gasteiger partial charge in [0.2, 0.25) is 0 Å². The predicted molar refractivity (Wildman–Crippen MR) is 77.4 cm³/mol. The molecule has 0 spiro atoms. The van der Waals surface area contributed by atoms with Crippen LogP contribution in [0.2, 0.25) is 0 Å². The molecule has 3 unspecified atom stereocenters. The van der Waals surface area contributed by atoms with Gasteiger partial charge in [0.05, 0.1) is 6.04 Å². The maximum atomic E-state index is 12.5. The van der Waals surface area contributed by atoms with E-state index in [9.17, 15) is 4.79 Å². The van der Waals surface area contributed by atoms with E-state index in [4.69, 9.17) is 0 Å². The molecule has 2 fully saturated rings. The average molecular weight is 257 g/mol. The van der Waals surface area contributed by atoms with Crippen LogP contribution in [-0.4, -0.2) is 29.8 Å². The zero-order valence-corrected chi connectivity index (χ0v) is 11.9. The standard InChI is InChI=1S/C17H23NO/c1-12-6-8-14(9-7-12)17(19)13(2)18-10-15-4-3-5-16(15)11-18/h6-9,13,15-16H,3-5,10-11H2,1-2H3. The average Bonchev–Trinajstić information content (AvgIpc) is 2.98. The number of benzene rings is 1. The Morgan fingerprint density at radius 3 is 2.32 bits per heavy atom. The van der Waals surface area contributed by atoms with Gasteiger partial charge >= 0.3 is 0 Å². The largest absolute Gasteiger partial charge is 0.293 e. The monoisotopic (exact) mass is 257 g/mol. The Morgan fingerprint density at radius 2 is 1.74 bits per heavy atom. The number of carbonyl (C=O) groups excluding carboxylic acids is 1. The fourth-order valence-corrected chi connectivity index (χ4v) is 3.71. The van der Waals surface area contributed by atoms with Crippen molar-refractivity contribution in [2.45, 2.75) is 39.2 Å². The number of carbonyl (C=O) groups is 1. The summed E-state index contributed by atoms with van der Waals surface area (Å²) in [5.41, 5.74) is 2.06. The third kappa shape index (κ3) is 2.46. The molecule has 1 aliphatic heterocycles. The molecule has 1 aromatic rings. The molecule has 2 heteroatoms. The van der Waals surface area contributed by atoms with Gasteiger partial charge < -0.3 is 0 Å². The number of likely N-dealkylation sites (tertiary alicyclic amines) is 1. The Hall–Kier alpha value is -1.15. The Kier molecular flexibility index (Phi) is 3.44. The lowest BCUT2D eigenvalue weighted by Gasteiger charge is -2.24. The zero-order chi connectivity index (χ0) is 13.4. The van der Waals surface area contributed by atoms with Crippen LogP contribution in [0.15, 0.2) is 24.3 Å². The van der Waals surface area contributed by atoms with Crippen LogP contribution in [0.25, 0.3) is 0 Å². The van der Waals surface area contributed by atoms with Gasteiger partial charge in [-0.1, -0.05) is 36.2 Å². The van der Waals surface area contributed by atoms with E-state index in [-0.39, 0.29) is 11.8 Å². The van der Waals surface area contributed by atoms with E-state index in [1.165, 1.54) is 24.8 Å². The summed E-state index contributed by atoms with van der Waals surface area (Å²) in [6.07, 6.45) is 4.13. The fourth-order valence-electron chi connectivity index (χ4n) is 3.71. The van der Waals surface area contributed by atoms with E-state index < -0.39 is 0 Å². The van der Waals surface area contributed by atoms with Crippen LogP contribution < -0.4 is 0 Å². The number of rotatable bonds is 3. The highest BCUT2D eigenvalue weighted by atomic mass is 16.1. The van der Waals surface area contributed by atoms with Crippen LogP contribution in [-0.2, 0) is 0 Å². The normalized spacial score (nSPS) is 28.3. The van der Waals surface area contributed by atoms with Crippen LogP contribution in [0.5, 0.6) is 0 Å². The van der Waals surface area contributed by atoms with E-state index >= 15 is 0 Å². The lowest BCUT2D eigenvalue weighted by molar-refractivity contribution is 0.0858. The van der Waals surface area contributed by atoms with Crippen molar-refractivity contribution in [1.29, 1.82) is 0 Å². The first-order chi connectivity index (χ1) is 9.15. The Bertz CT molecular complexity index is 453. The van der Waals surface area contributed by atoms with Crippen LogP contribution in [0, 0.1) is 18.8 Å². The first-order valence-corrected chi connectivity index (χ1v) is 7.50. The molecule has 1 aliphatic carbocycles. The Morgan fingerprint density at radius 1 is 1.16 bits per heavy atom. The van der Waals surface area contributed by atoms with Gasteiger partial charge in [-0.15, -0.1) is 0 Å². The van der Waals surface area contributed by atoms with E-state index in [0.29, 0.717) is 0 Å². The number of nitrogens with zero attached hydrogens (tertiary/aromatic N) is 1. The lowest BCUT2D eigenvalue weighted by atomic mass is 10.0. The minimum absolute atomic E-state index is 0.0355. The van der Waals surface area contributed by atoms with Crippen molar-refractivity contribution in [2.24, 2.45) is 11.8 Å². The van der Waals surface area contributed by atoms with Crippen molar-refractivity contribution in [3.63, 3.8) is 0 Å². The minimum Gasteiger partial charge on any atom is -0.293 e. The molecule has 1 heterocycles. The summed E-state index contributed by atoms with van der Waals surface area (Å²) < 4.78 is 0. The van der Waals surface area contributed by atoms with Crippen molar-refractivity contribution >= 4 is 5.78 Å². The SMILES string of the molecule is Cc1ccc(C(=O)C(C)N2CC3CCCC3C2)cc1. The maximum Gasteiger partial charge on any atom is 0.179 e. The van der Waals surface area contributed by atoms with Crippen molar-refractivity contribution in [3.05, 3.63) is 35.4 Å². The summed E-state index contributed by atoms with van der Waals surface area (Å²) in [6.45, 7) is 6.38. The fraction of sp³-hybridized carbons (Fsp3) is 0.588. The van der Waals surface area contributed by atoms with Gasteiger partial charge in [-0.25, -0.2) is 0 Å². The molecule has 0 N–H and O–H groups in total. The molecule has 19 heavy (non-hydrogen) atoms. The van der Waals surface area contributed by atoms with Gasteiger partial charge in [-0.2, -0.15) is 0 Å². The molecular formula is C17H23NO. The highest BCUT2D eigenvalue weighted by Crippen LogP contribution is 2.38. The molecule has 0 bridgehead atoms. The number of hydrogen-bond acceptors (Lipinski definition) is 2. The van der Waals surface area contributed by atoms with Gasteiger partial charge in [0.1, 0.15) is 0 Å². The van der Waals surface area contributed by atoms with E-state index in [1.807, 2.05) is 24.3 Å². The third-order valence-corrected chi connectivity index (χ3v) is 5.02. The highest BCUT2D eigenvalue weighted by molar-refractivity contribution is 5.99. The van der Waals surface area contributed by atoms with Gasteiger partial charge in [-0.05, 0) is 38.5 Å². The topological polar surface area (TPSA) is 20.3 Å². The molecule has 2 aliphatic rings. The predicted octanol–water partition coefficient (Wildman–Crippen LogP) is 3.30. The van der Waals surface area contributed by atoms with Gasteiger partial charge in [0.25, 0.3) is 0 Å². The van der Waals surface area contributed by atoms with E-state index in [2.05, 4.69) is 18.7 Å². The summed E-state index contributed by atoms with van der Waals surface area (Å²) in [5.74, 6) is 1.99. The summed E-state index contributed by atoms with van der Waals surface area (Å²) in [6, 6.07) is 8.02. The first-order valence-electron chi connectivity index (χ1n) is 7.50. The van der Waals surface area contributed by atoms with Gasteiger partial charge in [0.15, 0.2) is 5.78 Å². The molecule has 102 valence electrons. The maximum absolute atomic E-state index is 12.5. The van der Waals surface area contributed by atoms with Crippen LogP contribution in [0.4, 0.5) is 0 Å². The Labute approximate surface area is 115 Å². The quantitative estimate of drug-likeness (QED) is 0.774. The zero-order valence-electron chi connectivity index (χ0n) is 11.9. The first kappa shape index (κ1) is 12.9. The number of fused-ring (bicyclic) bond motifs is 1. The number of hydrogen-bond donors (Lipinski definition) is 0. The molecule has 1 aromatic carbocycles. The highest BCUT2D eigenvalue weighted by Gasteiger charge is 2.39. The van der Waals surface area contributed by atoms with E-state index in [1.54, 1.807) is 0 Å². The third-order valence-electron chi connectivity index (χ3n) is 5.02. The summed E-state index contributed by atoms with van der Waals surface area (Å²) in [5, 5.41) is 0. The molecule has 0 radical (unpaired) electrons. The molecule has 1 saturated heterocycles. The summed E-state index contributed by atoms with van der Waals surface area (Å²) >= 11 is 0. The minimum atomic E-state index is 0.0355. The second-order valence-corrected chi connectivity index (χ2v) is 6.31. The molecule has 1 saturated carbocycles. The second-order valence-electron chi connectivity index (χ2n) is 6.31. The molecule has 3 rings (SSSR count). The van der Waals surface area contributed by atoms with Crippen molar-refractivity contribution in [3.8, 4) is 0 Å². The smallest absolute Gasteiger partial charge is 0.179 e. The van der Waals surface area contributed by atoms with Crippen LogP contribution >= 0.6 is 0 Å². The van der Waals surface area contributed by atoms with Crippen LogP contribution in [0.3, 0.4) is 0 Å². The molecule has 2 nitrogen and oxygen atoms in total. The Balaban J connectivity index is 1.68. The molecule has 3 atom stereocenters. The second kappa shape index (κ2) is 5.09. The lowest BCUT2D eigenvalue weighted by Crippen LogP contribution is -2.38. The summed E-state index contributed by atoms with van der Waals surface area (Å²) in [7, 11) is 0. The van der Waals surface area contributed by atoms with Crippen molar-refractivity contribution in [2.75, 3.05) is 13.1 Å². The van der Waals surface area contributed by atoms with Crippen molar-refractivity contribution in [1.82, 2.24) is 4.90 Å². The van der Waals surface area contributed by atoms with E-state index in [0.717, 1.165) is 30.5 Å². The molecular weight excluding hydrogens is 234 g/mol. The summed E-state index contributed by atoms with van der Waals surface area (Å²) in [4.78, 5) is 14.9. The number of ketones is 1. The van der Waals surface area contributed by atoms with Gasteiger partial charge in [-0.3, -0.25) is 9.69 Å².